The van der Waals surface area contributed by atoms with Crippen LogP contribution in [-0.4, -0.2) is 56.4 Å². The van der Waals surface area contributed by atoms with Crippen LogP contribution in [-0.2, 0) is 23.6 Å². The van der Waals surface area contributed by atoms with Crippen LogP contribution in [0.5, 0.6) is 0 Å². The number of imidazole rings is 1. The summed E-state index contributed by atoms with van der Waals surface area (Å²) in [6.07, 6.45) is 0.109. The number of hydrogen-bond donors (Lipinski definition) is 2. The number of aryl methyl sites for hydroxylation is 2. The maximum Gasteiger partial charge on any atom is 0.324 e. The molecule has 9 nitrogen and oxygen atoms in total. The summed E-state index contributed by atoms with van der Waals surface area (Å²) in [6, 6.07) is 0. The zero-order valence-corrected chi connectivity index (χ0v) is 12.6. The third-order valence-corrected chi connectivity index (χ3v) is 4.03. The average molecular weight is 311 g/mol. The number of aliphatic hydroxyl groups excluding tert-OH is 2. The molecule has 0 bridgehead atoms. The fourth-order valence-electron chi connectivity index (χ4n) is 2.96. The molecule has 3 rings (SSSR count). The van der Waals surface area contributed by atoms with E-state index in [1.54, 1.807) is 34.1 Å². The first-order chi connectivity index (χ1) is 10.5. The van der Waals surface area contributed by atoms with Crippen molar-refractivity contribution in [3.63, 3.8) is 0 Å². The Bertz CT molecular complexity index is 755. The zero-order chi connectivity index (χ0) is 16.0. The first-order valence-electron chi connectivity index (χ1n) is 6.88. The number of rotatable bonds is 3. The number of fused-ring (bicyclic) bond motifs is 1. The highest BCUT2D eigenvalue weighted by atomic mass is 16.6. The minimum absolute atomic E-state index is 0.316. The molecule has 0 radical (unpaired) electrons. The summed E-state index contributed by atoms with van der Waals surface area (Å²) in [5.74, 6) is 0. The highest BCUT2D eigenvalue weighted by Crippen LogP contribution is 2.32. The van der Waals surface area contributed by atoms with Gasteiger partial charge in [-0.2, -0.15) is 9.55 Å². The largest absolute Gasteiger partial charge is 0.394 e. The van der Waals surface area contributed by atoms with Crippen molar-refractivity contribution in [1.82, 2.24) is 14.1 Å². The van der Waals surface area contributed by atoms with Gasteiger partial charge in [-0.15, -0.1) is 0 Å². The van der Waals surface area contributed by atoms with Gasteiger partial charge in [0, 0.05) is 14.2 Å². The van der Waals surface area contributed by atoms with Crippen LogP contribution in [0.4, 0.5) is 0 Å². The van der Waals surface area contributed by atoms with Crippen molar-refractivity contribution < 1.29 is 24.3 Å². The Labute approximate surface area is 126 Å². The van der Waals surface area contributed by atoms with Crippen molar-refractivity contribution in [2.75, 3.05) is 13.7 Å². The third kappa shape index (κ3) is 2.05. The molecule has 4 atom stereocenters. The van der Waals surface area contributed by atoms with E-state index in [0.717, 1.165) is 0 Å². The minimum atomic E-state index is -0.957. The monoisotopic (exact) mass is 311 g/mol. The second-order valence-electron chi connectivity index (χ2n) is 5.41. The number of hydrogen-bond acceptors (Lipinski definition) is 6. The summed E-state index contributed by atoms with van der Waals surface area (Å²) in [4.78, 5) is 15.8. The lowest BCUT2D eigenvalue weighted by Gasteiger charge is -2.16. The summed E-state index contributed by atoms with van der Waals surface area (Å²) in [5, 5.41) is 19.5. The van der Waals surface area contributed by atoms with Gasteiger partial charge in [-0.25, -0.2) is 4.57 Å². The van der Waals surface area contributed by atoms with Crippen LogP contribution < -0.4 is 10.1 Å². The van der Waals surface area contributed by atoms with Gasteiger partial charge in [0.1, 0.15) is 18.5 Å². The Morgan fingerprint density at radius 1 is 1.55 bits per heavy atom. The summed E-state index contributed by atoms with van der Waals surface area (Å²) < 4.78 is 16.1. The van der Waals surface area contributed by atoms with E-state index in [2.05, 4.69) is 4.98 Å². The van der Waals surface area contributed by atoms with Gasteiger partial charge in [0.05, 0.1) is 13.7 Å². The molecule has 0 aliphatic carbocycles. The van der Waals surface area contributed by atoms with Gasteiger partial charge in [0.2, 0.25) is 12.6 Å². The van der Waals surface area contributed by atoms with Gasteiger partial charge in [0.25, 0.3) is 11.2 Å². The molecule has 2 N–H and O–H groups in total. The molecule has 1 aliphatic heterocycles. The smallest absolute Gasteiger partial charge is 0.324 e. The Balaban J connectivity index is 2.19. The maximum absolute atomic E-state index is 12.0. The second-order valence-corrected chi connectivity index (χ2v) is 5.41. The van der Waals surface area contributed by atoms with Crippen molar-refractivity contribution in [2.24, 2.45) is 14.1 Å². The molecule has 0 amide bonds. The van der Waals surface area contributed by atoms with Crippen LogP contribution in [0.25, 0.3) is 11.2 Å². The van der Waals surface area contributed by atoms with Gasteiger partial charge in [-0.05, 0) is 0 Å². The van der Waals surface area contributed by atoms with Gasteiger partial charge in [0.15, 0.2) is 6.10 Å². The topological polar surface area (TPSA) is 103 Å². The van der Waals surface area contributed by atoms with Gasteiger partial charge in [-0.3, -0.25) is 9.36 Å². The fourth-order valence-corrected chi connectivity index (χ4v) is 2.96. The number of ether oxygens (including phenoxy) is 2. The van der Waals surface area contributed by atoms with Crippen LogP contribution in [0.3, 0.4) is 0 Å². The maximum atomic E-state index is 12.0. The van der Waals surface area contributed by atoms with Crippen molar-refractivity contribution in [3.05, 3.63) is 23.0 Å². The highest BCUT2D eigenvalue weighted by molar-refractivity contribution is 5.66. The summed E-state index contributed by atoms with van der Waals surface area (Å²) in [6.45, 7) is -0.316. The molecule has 0 unspecified atom stereocenters. The molecule has 0 aromatic carbocycles. The van der Waals surface area contributed by atoms with Crippen LogP contribution in [0.2, 0.25) is 0 Å². The first-order valence-corrected chi connectivity index (χ1v) is 6.88. The lowest BCUT2D eigenvalue weighted by molar-refractivity contribution is -0.646. The minimum Gasteiger partial charge on any atom is -0.394 e. The van der Waals surface area contributed by atoms with Crippen LogP contribution in [0.15, 0.2) is 17.4 Å². The van der Waals surface area contributed by atoms with E-state index < -0.39 is 24.5 Å². The van der Waals surface area contributed by atoms with Crippen LogP contribution >= 0.6 is 0 Å². The van der Waals surface area contributed by atoms with Crippen molar-refractivity contribution in [1.29, 1.82) is 0 Å². The molecule has 1 aliphatic rings. The molecule has 22 heavy (non-hydrogen) atoms. The first kappa shape index (κ1) is 15.1. The second kappa shape index (κ2) is 5.43. The van der Waals surface area contributed by atoms with E-state index in [0.29, 0.717) is 11.2 Å². The van der Waals surface area contributed by atoms with E-state index in [1.807, 2.05) is 0 Å². The molecular formula is C13H19N4O5+. The van der Waals surface area contributed by atoms with Crippen molar-refractivity contribution in [3.8, 4) is 0 Å². The van der Waals surface area contributed by atoms with E-state index in [4.69, 9.17) is 9.47 Å². The van der Waals surface area contributed by atoms with Crippen LogP contribution in [0, 0.1) is 0 Å². The molecule has 1 saturated heterocycles. The Hall–Kier alpha value is -1.81. The normalized spacial score (nSPS) is 28.6. The zero-order valence-electron chi connectivity index (χ0n) is 12.6. The lowest BCUT2D eigenvalue weighted by Crippen LogP contribution is -2.35. The average Bonchev–Trinajstić information content (AvgIpc) is 3.01. The molecule has 2 aromatic heterocycles. The van der Waals surface area contributed by atoms with Crippen molar-refractivity contribution in [2.45, 2.75) is 24.5 Å². The standard InChI is InChI=1S/C13H19N4O5/c1-15-5-14-11(20)8-12(15)17(6-16(8)2)13-10(21-3)9(19)7(4-18)22-13/h5-7,9-10,13,18-19H,4H2,1-3H3/q+1/t7-,9-,10-,13-/m1/s1. The predicted octanol–water partition coefficient (Wildman–Crippen LogP) is -2.17. The number of aliphatic hydroxyl groups is 2. The van der Waals surface area contributed by atoms with Gasteiger partial charge < -0.3 is 19.7 Å². The SMILES string of the molecule is CO[C@@H]1[C@H](O)[C@@H](CO)O[C@H]1n1c[n+](C)c2c(=O)ncn(C)c21. The third-order valence-electron chi connectivity index (χ3n) is 4.03. The van der Waals surface area contributed by atoms with E-state index >= 15 is 0 Å². The highest BCUT2D eigenvalue weighted by Gasteiger charge is 2.48. The van der Waals surface area contributed by atoms with E-state index in [1.165, 1.54) is 13.4 Å². The molecule has 9 heteroatoms. The molecule has 1 fully saturated rings. The summed E-state index contributed by atoms with van der Waals surface area (Å²) in [7, 11) is 4.97. The molecule has 2 aromatic rings. The van der Waals surface area contributed by atoms with E-state index in [-0.39, 0.29) is 12.2 Å². The van der Waals surface area contributed by atoms with Crippen molar-refractivity contribution >= 4 is 11.2 Å². The quantitative estimate of drug-likeness (QED) is 0.625. The Morgan fingerprint density at radius 3 is 2.91 bits per heavy atom. The molecule has 0 spiro atoms. The van der Waals surface area contributed by atoms with Gasteiger partial charge in [-0.1, -0.05) is 0 Å². The molecule has 120 valence electrons. The molecular weight excluding hydrogens is 292 g/mol. The summed E-state index contributed by atoms with van der Waals surface area (Å²) >= 11 is 0. The number of aromatic nitrogens is 4. The lowest BCUT2D eigenvalue weighted by atomic mass is 10.1. The van der Waals surface area contributed by atoms with E-state index in [9.17, 15) is 15.0 Å². The van der Waals surface area contributed by atoms with Crippen LogP contribution in [0.1, 0.15) is 6.23 Å². The van der Waals surface area contributed by atoms with Gasteiger partial charge >= 0.3 is 5.56 Å². The number of methoxy groups -OCH3 is 1. The Morgan fingerprint density at radius 2 is 2.27 bits per heavy atom. The Kier molecular flexibility index (Phi) is 3.73. The predicted molar refractivity (Wildman–Crippen MR) is 73.9 cm³/mol. The molecule has 3 heterocycles. The molecule has 0 saturated carbocycles. The fraction of sp³-hybridized carbons (Fsp3) is 0.615. The number of nitrogens with zero attached hydrogens (tertiary/aromatic N) is 4. The summed E-state index contributed by atoms with van der Waals surface area (Å²) in [5.41, 5.74) is 0.673.